The van der Waals surface area contributed by atoms with Gasteiger partial charge in [0.05, 0.1) is 17.8 Å². The van der Waals surface area contributed by atoms with Crippen LogP contribution >= 0.6 is 12.2 Å². The second-order valence-corrected chi connectivity index (χ2v) is 4.03. The number of hydrogen-bond acceptors (Lipinski definition) is 4. The van der Waals surface area contributed by atoms with Gasteiger partial charge in [-0.25, -0.2) is 9.79 Å². The Kier molecular flexibility index (Phi) is 4.44. The van der Waals surface area contributed by atoms with Gasteiger partial charge in [0.2, 0.25) is 0 Å². The van der Waals surface area contributed by atoms with E-state index in [-0.39, 0.29) is 5.56 Å². The predicted octanol–water partition coefficient (Wildman–Crippen LogP) is 3.20. The zero-order valence-electron chi connectivity index (χ0n) is 10.1. The summed E-state index contributed by atoms with van der Waals surface area (Å²) in [4.78, 5) is 15.3. The number of benzene rings is 1. The first-order valence-corrected chi connectivity index (χ1v) is 5.51. The number of ether oxygens (including phenoxy) is 1. The SMILES string of the molecule is COC(=O)C(C)(N=C=S)c1cccc(C(F)(F)F)c1. The summed E-state index contributed by atoms with van der Waals surface area (Å²) in [6, 6.07) is 4.29. The quantitative estimate of drug-likeness (QED) is 0.487. The van der Waals surface area contributed by atoms with Crippen molar-refractivity contribution in [1.82, 2.24) is 0 Å². The highest BCUT2D eigenvalue weighted by atomic mass is 32.1. The molecule has 1 aromatic carbocycles. The number of hydrogen-bond donors (Lipinski definition) is 0. The molecule has 102 valence electrons. The number of thiocarbonyl (C=S) groups is 1. The van der Waals surface area contributed by atoms with E-state index >= 15 is 0 Å². The van der Waals surface area contributed by atoms with Gasteiger partial charge in [0.25, 0.3) is 0 Å². The normalized spacial score (nSPS) is 14.2. The van der Waals surface area contributed by atoms with Crippen molar-refractivity contribution in [3.05, 3.63) is 35.4 Å². The fourth-order valence-corrected chi connectivity index (χ4v) is 1.70. The number of isothiocyanates is 1. The molecule has 1 unspecified atom stereocenters. The average Bonchev–Trinajstić information content (AvgIpc) is 2.37. The van der Waals surface area contributed by atoms with Crippen LogP contribution in [-0.4, -0.2) is 18.2 Å². The summed E-state index contributed by atoms with van der Waals surface area (Å²) in [7, 11) is 1.12. The molecule has 0 bridgehead atoms. The maximum absolute atomic E-state index is 12.6. The molecule has 0 saturated carbocycles. The molecule has 7 heteroatoms. The van der Waals surface area contributed by atoms with Gasteiger partial charge in [-0.05, 0) is 36.8 Å². The van der Waals surface area contributed by atoms with Crippen molar-refractivity contribution in [3.8, 4) is 0 Å². The summed E-state index contributed by atoms with van der Waals surface area (Å²) in [6.07, 6.45) is -4.51. The zero-order chi connectivity index (χ0) is 14.7. The number of nitrogens with zero attached hydrogens (tertiary/aromatic N) is 1. The summed E-state index contributed by atoms with van der Waals surface area (Å²) in [5, 5.41) is 2.01. The van der Waals surface area contributed by atoms with Gasteiger partial charge in [0, 0.05) is 0 Å². The van der Waals surface area contributed by atoms with Crippen LogP contribution in [0.3, 0.4) is 0 Å². The minimum Gasteiger partial charge on any atom is -0.467 e. The van der Waals surface area contributed by atoms with Crippen LogP contribution in [0.15, 0.2) is 29.3 Å². The van der Waals surface area contributed by atoms with Crippen molar-refractivity contribution in [1.29, 1.82) is 0 Å². The van der Waals surface area contributed by atoms with E-state index < -0.39 is 23.2 Å². The Morgan fingerprint density at radius 3 is 2.42 bits per heavy atom. The number of carbonyl (C=O) groups is 1. The van der Waals surface area contributed by atoms with Crippen LogP contribution in [0.5, 0.6) is 0 Å². The van der Waals surface area contributed by atoms with Gasteiger partial charge >= 0.3 is 12.1 Å². The number of rotatable bonds is 3. The standard InChI is InChI=1S/C12H10F3NO2S/c1-11(16-7-19,10(17)18-2)8-4-3-5-9(6-8)12(13,14)15/h3-6H,1-2H3. The zero-order valence-corrected chi connectivity index (χ0v) is 10.9. The number of methoxy groups -OCH3 is 1. The molecule has 0 saturated heterocycles. The molecule has 0 aliphatic carbocycles. The van der Waals surface area contributed by atoms with Gasteiger partial charge in [0.15, 0.2) is 5.54 Å². The van der Waals surface area contributed by atoms with Gasteiger partial charge in [0.1, 0.15) is 0 Å². The largest absolute Gasteiger partial charge is 0.467 e. The molecule has 0 N–H and O–H groups in total. The van der Waals surface area contributed by atoms with Crippen LogP contribution in [0, 0.1) is 0 Å². The highest BCUT2D eigenvalue weighted by molar-refractivity contribution is 7.78. The lowest BCUT2D eigenvalue weighted by atomic mass is 9.91. The topological polar surface area (TPSA) is 38.7 Å². The first-order valence-electron chi connectivity index (χ1n) is 5.11. The molecule has 0 radical (unpaired) electrons. The maximum atomic E-state index is 12.6. The van der Waals surface area contributed by atoms with E-state index in [1.807, 2.05) is 5.16 Å². The first-order chi connectivity index (χ1) is 8.75. The fourth-order valence-electron chi connectivity index (χ4n) is 1.52. The molecular formula is C12H10F3NO2S. The van der Waals surface area contributed by atoms with E-state index in [0.29, 0.717) is 0 Å². The highest BCUT2D eigenvalue weighted by Crippen LogP contribution is 2.33. The number of esters is 1. The number of alkyl halides is 3. The van der Waals surface area contributed by atoms with Gasteiger partial charge < -0.3 is 4.74 Å². The van der Waals surface area contributed by atoms with Crippen molar-refractivity contribution in [2.24, 2.45) is 4.99 Å². The molecule has 1 rings (SSSR count). The molecular weight excluding hydrogens is 279 g/mol. The molecule has 0 aliphatic rings. The third-order valence-electron chi connectivity index (χ3n) is 2.60. The highest BCUT2D eigenvalue weighted by Gasteiger charge is 2.38. The van der Waals surface area contributed by atoms with E-state index in [9.17, 15) is 18.0 Å². The second-order valence-electron chi connectivity index (χ2n) is 3.85. The molecule has 0 spiro atoms. The lowest BCUT2D eigenvalue weighted by molar-refractivity contribution is -0.147. The van der Waals surface area contributed by atoms with Gasteiger partial charge in [-0.1, -0.05) is 12.1 Å². The molecule has 0 aromatic heterocycles. The van der Waals surface area contributed by atoms with E-state index in [0.717, 1.165) is 19.2 Å². The van der Waals surface area contributed by atoms with Crippen LogP contribution in [0.4, 0.5) is 13.2 Å². The molecule has 0 aliphatic heterocycles. The minimum absolute atomic E-state index is 0.0338. The summed E-state index contributed by atoms with van der Waals surface area (Å²) in [5.41, 5.74) is -2.48. The maximum Gasteiger partial charge on any atom is 0.416 e. The van der Waals surface area contributed by atoms with E-state index in [1.165, 1.54) is 19.1 Å². The van der Waals surface area contributed by atoms with Crippen molar-refractivity contribution in [2.75, 3.05) is 7.11 Å². The Labute approximate surface area is 113 Å². The number of aliphatic imine (C=N–C) groups is 1. The van der Waals surface area contributed by atoms with Crippen molar-refractivity contribution < 1.29 is 22.7 Å². The molecule has 19 heavy (non-hydrogen) atoms. The third-order valence-corrected chi connectivity index (χ3v) is 2.70. The van der Waals surface area contributed by atoms with Crippen molar-refractivity contribution in [2.45, 2.75) is 18.6 Å². The lowest BCUT2D eigenvalue weighted by Gasteiger charge is -2.22. The first kappa shape index (κ1) is 15.3. The molecule has 1 aromatic rings. The summed E-state index contributed by atoms with van der Waals surface area (Å²) >= 11 is 4.43. The molecule has 1 atom stereocenters. The smallest absolute Gasteiger partial charge is 0.416 e. The van der Waals surface area contributed by atoms with Crippen molar-refractivity contribution >= 4 is 23.3 Å². The minimum atomic E-state index is -4.51. The number of carbonyl (C=O) groups excluding carboxylic acids is 1. The summed E-state index contributed by atoms with van der Waals surface area (Å²) in [6.45, 7) is 1.31. The van der Waals surface area contributed by atoms with Crippen molar-refractivity contribution in [3.63, 3.8) is 0 Å². The number of halogens is 3. The summed E-state index contributed by atoms with van der Waals surface area (Å²) < 4.78 is 42.5. The van der Waals surface area contributed by atoms with Gasteiger partial charge in [-0.2, -0.15) is 13.2 Å². The van der Waals surface area contributed by atoms with Gasteiger partial charge in [-0.3, -0.25) is 0 Å². The van der Waals surface area contributed by atoms with Crippen LogP contribution in [0.1, 0.15) is 18.1 Å². The van der Waals surface area contributed by atoms with E-state index in [1.54, 1.807) is 0 Å². The Morgan fingerprint density at radius 2 is 1.95 bits per heavy atom. The molecule has 0 fully saturated rings. The second kappa shape index (κ2) is 5.50. The van der Waals surface area contributed by atoms with Crippen LogP contribution < -0.4 is 0 Å². The third kappa shape index (κ3) is 3.19. The van der Waals surface area contributed by atoms with E-state index in [4.69, 9.17) is 0 Å². The van der Waals surface area contributed by atoms with E-state index in [2.05, 4.69) is 21.9 Å². The van der Waals surface area contributed by atoms with Crippen LogP contribution in [0.25, 0.3) is 0 Å². The predicted molar refractivity (Wildman–Crippen MR) is 65.8 cm³/mol. The molecule has 3 nitrogen and oxygen atoms in total. The lowest BCUT2D eigenvalue weighted by Crippen LogP contribution is -2.32. The monoisotopic (exact) mass is 289 g/mol. The molecule has 0 amide bonds. The fraction of sp³-hybridized carbons (Fsp3) is 0.333. The van der Waals surface area contributed by atoms with Gasteiger partial charge in [-0.15, -0.1) is 0 Å². The Bertz CT molecular complexity index is 538. The van der Waals surface area contributed by atoms with Crippen LogP contribution in [-0.2, 0) is 21.2 Å². The Morgan fingerprint density at radius 1 is 1.37 bits per heavy atom. The average molecular weight is 289 g/mol. The Hall–Kier alpha value is -1.72. The molecule has 0 heterocycles. The van der Waals surface area contributed by atoms with Crippen LogP contribution in [0.2, 0.25) is 0 Å². The Balaban J connectivity index is 3.41. The summed E-state index contributed by atoms with van der Waals surface area (Å²) in [5.74, 6) is -0.816.